The summed E-state index contributed by atoms with van der Waals surface area (Å²) in [5, 5.41) is 2.57. The van der Waals surface area contributed by atoms with Gasteiger partial charge in [-0.25, -0.2) is 0 Å². The number of alkyl halides is 3. The van der Waals surface area contributed by atoms with Crippen molar-refractivity contribution in [2.24, 2.45) is 0 Å². The van der Waals surface area contributed by atoms with Crippen LogP contribution in [-0.2, 0) is 6.54 Å². The predicted octanol–water partition coefficient (Wildman–Crippen LogP) is 3.11. The Labute approximate surface area is 112 Å². The Hall–Kier alpha value is -2.44. The van der Waals surface area contributed by atoms with Crippen LogP contribution in [0, 0.1) is 0 Å². The summed E-state index contributed by atoms with van der Waals surface area (Å²) in [6.07, 6.45) is -3.34. The lowest BCUT2D eigenvalue weighted by Crippen LogP contribution is -2.22. The van der Waals surface area contributed by atoms with Gasteiger partial charge in [-0.3, -0.25) is 4.79 Å². The van der Waals surface area contributed by atoms with E-state index in [-0.39, 0.29) is 18.1 Å². The number of carbonyl (C=O) groups is 1. The second-order valence-electron chi connectivity index (χ2n) is 3.85. The molecule has 0 saturated carbocycles. The van der Waals surface area contributed by atoms with Gasteiger partial charge >= 0.3 is 6.36 Å². The lowest BCUT2D eigenvalue weighted by molar-refractivity contribution is -0.274. The maximum atomic E-state index is 12.0. The van der Waals surface area contributed by atoms with E-state index in [1.807, 2.05) is 0 Å². The normalized spacial score (nSPS) is 11.2. The molecule has 0 radical (unpaired) electrons. The average molecular weight is 285 g/mol. The molecule has 1 N–H and O–H groups in total. The number of carbonyl (C=O) groups excluding carboxylic acids is 1. The van der Waals surface area contributed by atoms with E-state index in [9.17, 15) is 18.0 Å². The first kappa shape index (κ1) is 14.0. The van der Waals surface area contributed by atoms with Crippen LogP contribution in [0.1, 0.15) is 16.1 Å². The molecule has 106 valence electrons. The standard InChI is InChI=1S/C13H10F3NO3/c14-13(15,16)20-10-5-3-9(4-6-10)8-17-12(18)11-2-1-7-19-11/h1-7H,8H2,(H,17,18). The number of amides is 1. The second kappa shape index (κ2) is 5.68. The van der Waals surface area contributed by atoms with Gasteiger partial charge in [0.2, 0.25) is 0 Å². The largest absolute Gasteiger partial charge is 0.573 e. The molecule has 1 aromatic heterocycles. The first-order valence-corrected chi connectivity index (χ1v) is 5.60. The summed E-state index contributed by atoms with van der Waals surface area (Å²) in [6.45, 7) is 0.172. The molecular weight excluding hydrogens is 275 g/mol. The lowest BCUT2D eigenvalue weighted by Gasteiger charge is -2.09. The molecule has 0 aliphatic rings. The van der Waals surface area contributed by atoms with E-state index < -0.39 is 12.3 Å². The molecule has 0 atom stereocenters. The van der Waals surface area contributed by atoms with Crippen molar-refractivity contribution >= 4 is 5.91 Å². The van der Waals surface area contributed by atoms with Gasteiger partial charge in [-0.05, 0) is 29.8 Å². The topological polar surface area (TPSA) is 51.5 Å². The molecule has 0 aliphatic heterocycles. The van der Waals surface area contributed by atoms with Crippen LogP contribution in [0.15, 0.2) is 47.1 Å². The van der Waals surface area contributed by atoms with Crippen molar-refractivity contribution in [3.63, 3.8) is 0 Å². The highest BCUT2D eigenvalue weighted by Gasteiger charge is 2.30. The summed E-state index contributed by atoms with van der Waals surface area (Å²) >= 11 is 0. The molecule has 20 heavy (non-hydrogen) atoms. The minimum absolute atomic E-state index is 0.169. The Kier molecular flexibility index (Phi) is 3.97. The summed E-state index contributed by atoms with van der Waals surface area (Å²) in [5.74, 6) is -0.536. The zero-order valence-corrected chi connectivity index (χ0v) is 10.1. The summed E-state index contributed by atoms with van der Waals surface area (Å²) in [4.78, 5) is 11.6. The Morgan fingerprint density at radius 3 is 2.45 bits per heavy atom. The quantitative estimate of drug-likeness (QED) is 0.939. The average Bonchev–Trinajstić information content (AvgIpc) is 2.89. The van der Waals surface area contributed by atoms with Crippen LogP contribution in [0.3, 0.4) is 0 Å². The van der Waals surface area contributed by atoms with Crippen molar-refractivity contribution in [3.05, 3.63) is 54.0 Å². The summed E-state index contributed by atoms with van der Waals surface area (Å²) < 4.78 is 44.5. The van der Waals surface area contributed by atoms with E-state index in [0.29, 0.717) is 5.56 Å². The maximum Gasteiger partial charge on any atom is 0.573 e. The molecule has 4 nitrogen and oxygen atoms in total. The fraction of sp³-hybridized carbons (Fsp3) is 0.154. The summed E-state index contributed by atoms with van der Waals surface area (Å²) in [6, 6.07) is 8.32. The van der Waals surface area contributed by atoms with Gasteiger partial charge in [0.15, 0.2) is 5.76 Å². The second-order valence-corrected chi connectivity index (χ2v) is 3.85. The van der Waals surface area contributed by atoms with Crippen molar-refractivity contribution in [1.82, 2.24) is 5.32 Å². The third-order valence-corrected chi connectivity index (χ3v) is 2.35. The Morgan fingerprint density at radius 1 is 1.20 bits per heavy atom. The highest BCUT2D eigenvalue weighted by atomic mass is 19.4. The van der Waals surface area contributed by atoms with Crippen molar-refractivity contribution in [2.75, 3.05) is 0 Å². The van der Waals surface area contributed by atoms with E-state index >= 15 is 0 Å². The SMILES string of the molecule is O=C(NCc1ccc(OC(F)(F)F)cc1)c1ccco1. The Bertz CT molecular complexity index is 562. The molecule has 2 aromatic rings. The molecule has 0 saturated heterocycles. The fourth-order valence-corrected chi connectivity index (χ4v) is 1.49. The Balaban J connectivity index is 1.89. The first-order valence-electron chi connectivity index (χ1n) is 5.60. The molecule has 0 spiro atoms. The van der Waals surface area contributed by atoms with E-state index in [2.05, 4.69) is 10.1 Å². The number of nitrogens with one attached hydrogen (secondary N) is 1. The van der Waals surface area contributed by atoms with Crippen molar-refractivity contribution < 1.29 is 27.1 Å². The molecular formula is C13H10F3NO3. The van der Waals surface area contributed by atoms with Crippen LogP contribution in [0.4, 0.5) is 13.2 Å². The zero-order chi connectivity index (χ0) is 14.6. The van der Waals surface area contributed by atoms with E-state index in [0.717, 1.165) is 0 Å². The number of furan rings is 1. The van der Waals surface area contributed by atoms with Gasteiger partial charge in [0, 0.05) is 6.54 Å². The van der Waals surface area contributed by atoms with Crippen LogP contribution >= 0.6 is 0 Å². The smallest absolute Gasteiger partial charge is 0.459 e. The zero-order valence-electron chi connectivity index (χ0n) is 10.1. The Morgan fingerprint density at radius 2 is 1.90 bits per heavy atom. The van der Waals surface area contributed by atoms with Crippen LogP contribution in [0.2, 0.25) is 0 Å². The molecule has 1 heterocycles. The highest BCUT2D eigenvalue weighted by Crippen LogP contribution is 2.22. The number of ether oxygens (including phenoxy) is 1. The predicted molar refractivity (Wildman–Crippen MR) is 63.0 cm³/mol. The van der Waals surface area contributed by atoms with Crippen molar-refractivity contribution in [3.8, 4) is 5.75 Å². The number of benzene rings is 1. The van der Waals surface area contributed by atoms with E-state index in [1.165, 1.54) is 36.6 Å². The van der Waals surface area contributed by atoms with Crippen LogP contribution < -0.4 is 10.1 Å². The molecule has 1 aromatic carbocycles. The van der Waals surface area contributed by atoms with Crippen LogP contribution in [-0.4, -0.2) is 12.3 Å². The van der Waals surface area contributed by atoms with Gasteiger partial charge < -0.3 is 14.5 Å². The van der Waals surface area contributed by atoms with Gasteiger partial charge in [-0.2, -0.15) is 0 Å². The van der Waals surface area contributed by atoms with Crippen LogP contribution in [0.25, 0.3) is 0 Å². The van der Waals surface area contributed by atoms with Crippen molar-refractivity contribution in [2.45, 2.75) is 12.9 Å². The van der Waals surface area contributed by atoms with Crippen molar-refractivity contribution in [1.29, 1.82) is 0 Å². The third-order valence-electron chi connectivity index (χ3n) is 2.35. The molecule has 1 amide bonds. The fourth-order valence-electron chi connectivity index (χ4n) is 1.49. The third kappa shape index (κ3) is 4.04. The number of hydrogen-bond donors (Lipinski definition) is 1. The maximum absolute atomic E-state index is 12.0. The molecule has 0 aliphatic carbocycles. The van der Waals surface area contributed by atoms with E-state index in [4.69, 9.17) is 4.42 Å². The first-order chi connectivity index (χ1) is 9.44. The molecule has 0 bridgehead atoms. The minimum atomic E-state index is -4.71. The molecule has 7 heteroatoms. The molecule has 2 rings (SSSR count). The van der Waals surface area contributed by atoms with Gasteiger partial charge in [0.1, 0.15) is 5.75 Å². The minimum Gasteiger partial charge on any atom is -0.459 e. The molecule has 0 unspecified atom stereocenters. The van der Waals surface area contributed by atoms with Crippen LogP contribution in [0.5, 0.6) is 5.75 Å². The summed E-state index contributed by atoms with van der Waals surface area (Å²) in [7, 11) is 0. The van der Waals surface area contributed by atoms with Gasteiger partial charge in [-0.1, -0.05) is 12.1 Å². The lowest BCUT2D eigenvalue weighted by atomic mass is 10.2. The summed E-state index contributed by atoms with van der Waals surface area (Å²) in [5.41, 5.74) is 0.638. The monoisotopic (exact) mass is 285 g/mol. The number of rotatable bonds is 4. The van der Waals surface area contributed by atoms with Gasteiger partial charge in [-0.15, -0.1) is 13.2 Å². The molecule has 0 fully saturated rings. The highest BCUT2D eigenvalue weighted by molar-refractivity contribution is 5.91. The number of halogens is 3. The van der Waals surface area contributed by atoms with Gasteiger partial charge in [0.05, 0.1) is 6.26 Å². The number of hydrogen-bond acceptors (Lipinski definition) is 3. The van der Waals surface area contributed by atoms with E-state index in [1.54, 1.807) is 6.07 Å². The van der Waals surface area contributed by atoms with Gasteiger partial charge in [0.25, 0.3) is 5.91 Å².